The molecule has 0 bridgehead atoms. The van der Waals surface area contributed by atoms with E-state index in [2.05, 4.69) is 19.1 Å². The van der Waals surface area contributed by atoms with Crippen LogP contribution in [0.25, 0.3) is 11.1 Å². The van der Waals surface area contributed by atoms with Gasteiger partial charge in [0.05, 0.1) is 0 Å². The van der Waals surface area contributed by atoms with Crippen LogP contribution in [0.15, 0.2) is 42.5 Å². The zero-order valence-corrected chi connectivity index (χ0v) is 14.1. The molecule has 1 fully saturated rings. The molecule has 0 saturated heterocycles. The fourth-order valence-electron chi connectivity index (χ4n) is 3.84. The normalized spacial score (nSPS) is 22.3. The summed E-state index contributed by atoms with van der Waals surface area (Å²) >= 11 is 0. The van der Waals surface area contributed by atoms with Crippen LogP contribution < -0.4 is 5.73 Å². The lowest BCUT2D eigenvalue weighted by atomic mass is 9.75. The first-order valence-corrected chi connectivity index (χ1v) is 8.89. The summed E-state index contributed by atoms with van der Waals surface area (Å²) in [4.78, 5) is 0. The number of hydrogen-bond donors (Lipinski definition) is 1. The minimum atomic E-state index is -0.808. The van der Waals surface area contributed by atoms with Crippen LogP contribution >= 0.6 is 0 Å². The molecule has 1 aliphatic carbocycles. The van der Waals surface area contributed by atoms with Gasteiger partial charge in [0, 0.05) is 6.04 Å². The quantitative estimate of drug-likeness (QED) is 0.771. The van der Waals surface area contributed by atoms with Crippen LogP contribution in [0.2, 0.25) is 0 Å². The Morgan fingerprint density at radius 2 is 1.54 bits per heavy atom. The predicted molar refractivity (Wildman–Crippen MR) is 94.8 cm³/mol. The summed E-state index contributed by atoms with van der Waals surface area (Å²) in [6.45, 7) is 2.16. The van der Waals surface area contributed by atoms with Gasteiger partial charge >= 0.3 is 0 Å². The monoisotopic (exact) mass is 329 g/mol. The van der Waals surface area contributed by atoms with Crippen molar-refractivity contribution in [1.82, 2.24) is 0 Å². The minimum Gasteiger partial charge on any atom is -0.327 e. The second kappa shape index (κ2) is 7.43. The number of benzene rings is 2. The molecule has 0 aliphatic heterocycles. The van der Waals surface area contributed by atoms with Gasteiger partial charge in [-0.1, -0.05) is 37.3 Å². The highest BCUT2D eigenvalue weighted by Gasteiger charge is 2.25. The minimum absolute atomic E-state index is 0.335. The molecule has 0 amide bonds. The van der Waals surface area contributed by atoms with E-state index >= 15 is 0 Å². The van der Waals surface area contributed by atoms with Crippen molar-refractivity contribution in [3.8, 4) is 11.1 Å². The maximum atomic E-state index is 13.4. The van der Waals surface area contributed by atoms with Crippen molar-refractivity contribution in [2.24, 2.45) is 11.7 Å². The lowest BCUT2D eigenvalue weighted by Gasteiger charge is -2.32. The topological polar surface area (TPSA) is 26.0 Å². The van der Waals surface area contributed by atoms with Gasteiger partial charge in [0.25, 0.3) is 0 Å². The molecule has 0 heterocycles. The Labute approximate surface area is 142 Å². The average Bonchev–Trinajstić information content (AvgIpc) is 2.63. The van der Waals surface area contributed by atoms with Crippen molar-refractivity contribution >= 4 is 0 Å². The largest absolute Gasteiger partial charge is 0.327 e. The molecule has 2 N–H and O–H groups in total. The molecule has 1 aliphatic rings. The molecular formula is C21H25F2N. The van der Waals surface area contributed by atoms with Gasteiger partial charge in [0.2, 0.25) is 0 Å². The summed E-state index contributed by atoms with van der Waals surface area (Å²) < 4.78 is 26.4. The lowest BCUT2D eigenvalue weighted by molar-refractivity contribution is 0.277. The van der Waals surface area contributed by atoms with E-state index in [-0.39, 0.29) is 0 Å². The van der Waals surface area contributed by atoms with Crippen molar-refractivity contribution in [1.29, 1.82) is 0 Å². The molecule has 0 spiro atoms. The zero-order chi connectivity index (χ0) is 17.1. The van der Waals surface area contributed by atoms with Gasteiger partial charge in [-0.25, -0.2) is 8.78 Å². The van der Waals surface area contributed by atoms with E-state index in [1.54, 1.807) is 6.07 Å². The number of rotatable bonds is 4. The highest BCUT2D eigenvalue weighted by molar-refractivity contribution is 5.63. The molecule has 3 rings (SSSR count). The number of nitrogens with two attached hydrogens (primary N) is 1. The number of hydrogen-bond acceptors (Lipinski definition) is 1. The van der Waals surface area contributed by atoms with Crippen LogP contribution in [-0.2, 0) is 0 Å². The second-order valence-electron chi connectivity index (χ2n) is 6.93. The molecule has 128 valence electrons. The van der Waals surface area contributed by atoms with Gasteiger partial charge in [0.1, 0.15) is 0 Å². The van der Waals surface area contributed by atoms with Gasteiger partial charge in [-0.15, -0.1) is 0 Å². The average molecular weight is 329 g/mol. The zero-order valence-electron chi connectivity index (χ0n) is 14.1. The Morgan fingerprint density at radius 1 is 0.917 bits per heavy atom. The number of halogens is 2. The van der Waals surface area contributed by atoms with Crippen molar-refractivity contribution in [3.63, 3.8) is 0 Å². The Hall–Kier alpha value is -1.74. The standard InChI is InChI=1S/C21H25F2N/c1-2-21(24)17-9-7-15(8-10-17)14-3-5-16(6-4-14)18-11-12-19(22)20(23)13-18/h3-6,11-13,15,17,21H,2,7-10,24H2,1H3. The molecular weight excluding hydrogens is 304 g/mol. The first-order valence-electron chi connectivity index (χ1n) is 8.89. The van der Waals surface area contributed by atoms with Gasteiger partial charge in [-0.2, -0.15) is 0 Å². The summed E-state index contributed by atoms with van der Waals surface area (Å²) in [5, 5.41) is 0. The molecule has 0 aromatic heterocycles. The van der Waals surface area contributed by atoms with Crippen molar-refractivity contribution in [3.05, 3.63) is 59.7 Å². The summed E-state index contributed by atoms with van der Waals surface area (Å²) in [5.74, 6) is -0.364. The van der Waals surface area contributed by atoms with Crippen LogP contribution in [0, 0.1) is 17.6 Å². The van der Waals surface area contributed by atoms with Crippen molar-refractivity contribution < 1.29 is 8.78 Å². The Morgan fingerprint density at radius 3 is 2.12 bits per heavy atom. The highest BCUT2D eigenvalue weighted by Crippen LogP contribution is 2.37. The molecule has 24 heavy (non-hydrogen) atoms. The summed E-state index contributed by atoms with van der Waals surface area (Å²) in [7, 11) is 0. The summed E-state index contributed by atoms with van der Waals surface area (Å²) in [6.07, 6.45) is 5.82. The van der Waals surface area contributed by atoms with Gasteiger partial charge in [-0.05, 0) is 72.8 Å². The SMILES string of the molecule is CCC(N)C1CCC(c2ccc(-c3ccc(F)c(F)c3)cc2)CC1. The molecule has 2 aromatic carbocycles. The Bertz CT molecular complexity index is 673. The third-order valence-electron chi connectivity index (χ3n) is 5.48. The van der Waals surface area contributed by atoms with Crippen LogP contribution in [0.1, 0.15) is 50.5 Å². The van der Waals surface area contributed by atoms with Gasteiger partial charge in [-0.3, -0.25) is 0 Å². The molecule has 2 aromatic rings. The summed E-state index contributed by atoms with van der Waals surface area (Å²) in [5.41, 5.74) is 9.14. The Kier molecular flexibility index (Phi) is 5.30. The molecule has 1 atom stereocenters. The van der Waals surface area contributed by atoms with E-state index in [0.717, 1.165) is 12.0 Å². The van der Waals surface area contributed by atoms with Crippen molar-refractivity contribution in [2.75, 3.05) is 0 Å². The molecule has 0 radical (unpaired) electrons. The fraction of sp³-hybridized carbons (Fsp3) is 0.429. The van der Waals surface area contributed by atoms with E-state index < -0.39 is 11.6 Å². The summed E-state index contributed by atoms with van der Waals surface area (Å²) in [6, 6.07) is 12.6. The first kappa shape index (κ1) is 17.1. The maximum Gasteiger partial charge on any atom is 0.159 e. The van der Waals surface area contributed by atoms with Crippen molar-refractivity contribution in [2.45, 2.75) is 51.0 Å². The fourth-order valence-corrected chi connectivity index (χ4v) is 3.84. The highest BCUT2D eigenvalue weighted by atomic mass is 19.2. The Balaban J connectivity index is 1.68. The molecule has 1 saturated carbocycles. The van der Waals surface area contributed by atoms with E-state index in [4.69, 9.17) is 5.73 Å². The van der Waals surface area contributed by atoms with E-state index in [1.165, 1.54) is 43.4 Å². The molecule has 1 unspecified atom stereocenters. The molecule has 1 nitrogen and oxygen atoms in total. The van der Waals surface area contributed by atoms with Gasteiger partial charge < -0.3 is 5.73 Å². The third kappa shape index (κ3) is 3.67. The van der Waals surface area contributed by atoms with Crippen LogP contribution in [0.4, 0.5) is 8.78 Å². The van der Waals surface area contributed by atoms with E-state index in [9.17, 15) is 8.78 Å². The first-order chi connectivity index (χ1) is 11.6. The van der Waals surface area contributed by atoms with Crippen LogP contribution in [0.5, 0.6) is 0 Å². The van der Waals surface area contributed by atoms with Crippen LogP contribution in [-0.4, -0.2) is 6.04 Å². The third-order valence-corrected chi connectivity index (χ3v) is 5.48. The molecule has 3 heteroatoms. The predicted octanol–water partition coefficient (Wildman–Crippen LogP) is 5.64. The van der Waals surface area contributed by atoms with Gasteiger partial charge in [0.15, 0.2) is 11.6 Å². The smallest absolute Gasteiger partial charge is 0.159 e. The maximum absolute atomic E-state index is 13.4. The second-order valence-corrected chi connectivity index (χ2v) is 6.93. The van der Waals surface area contributed by atoms with E-state index in [1.807, 2.05) is 12.1 Å². The van der Waals surface area contributed by atoms with Crippen LogP contribution in [0.3, 0.4) is 0 Å². The lowest BCUT2D eigenvalue weighted by Crippen LogP contribution is -2.32. The van der Waals surface area contributed by atoms with E-state index in [0.29, 0.717) is 23.4 Å².